The first-order valence-corrected chi connectivity index (χ1v) is 8.86. The van der Waals surface area contributed by atoms with Crippen LogP contribution in [0.5, 0.6) is 11.5 Å². The Morgan fingerprint density at radius 1 is 1.32 bits per heavy atom. The van der Waals surface area contributed by atoms with Crippen LogP contribution in [0.25, 0.3) is 0 Å². The normalized spacial score (nSPS) is 20.1. The number of carbonyl (C=O) groups excluding carboxylic acids is 1. The molecule has 1 saturated carbocycles. The number of carbonyl (C=O) groups is 1. The van der Waals surface area contributed by atoms with E-state index in [2.05, 4.69) is 22.8 Å². The molecule has 0 aliphatic heterocycles. The van der Waals surface area contributed by atoms with Crippen molar-refractivity contribution in [2.75, 3.05) is 7.11 Å². The molecule has 0 unspecified atom stereocenters. The standard InChI is InChI=1S/C18H25N3O3S/c1-12-6-4-5-7-15(12)20-18(25)21-19-11-14-8-9-16(24-13(2)22)17(10-14)23-3/h8-12,15H,4-7H2,1-3H3,(H2,20,21,25)/b19-11-/t12-,15-/m1/s1. The molecule has 0 aromatic heterocycles. The van der Waals surface area contributed by atoms with Gasteiger partial charge in [0.25, 0.3) is 0 Å². The third-order valence-corrected chi connectivity index (χ3v) is 4.46. The molecule has 1 fully saturated rings. The van der Waals surface area contributed by atoms with E-state index < -0.39 is 5.97 Å². The maximum atomic E-state index is 11.1. The molecule has 2 atom stereocenters. The predicted molar refractivity (Wildman–Crippen MR) is 102 cm³/mol. The van der Waals surface area contributed by atoms with E-state index in [4.69, 9.17) is 21.7 Å². The number of hydrogen-bond acceptors (Lipinski definition) is 5. The van der Waals surface area contributed by atoms with Crippen LogP contribution in [0, 0.1) is 5.92 Å². The summed E-state index contributed by atoms with van der Waals surface area (Å²) in [6.07, 6.45) is 6.54. The van der Waals surface area contributed by atoms with Gasteiger partial charge in [0, 0.05) is 13.0 Å². The minimum Gasteiger partial charge on any atom is -0.493 e. The van der Waals surface area contributed by atoms with Gasteiger partial charge in [0.05, 0.1) is 13.3 Å². The van der Waals surface area contributed by atoms with E-state index in [0.717, 1.165) is 12.0 Å². The highest BCUT2D eigenvalue weighted by Crippen LogP contribution is 2.27. The molecule has 7 heteroatoms. The minimum atomic E-state index is -0.394. The molecular weight excluding hydrogens is 338 g/mol. The topological polar surface area (TPSA) is 71.9 Å². The molecule has 2 rings (SSSR count). The molecule has 0 bridgehead atoms. The summed E-state index contributed by atoms with van der Waals surface area (Å²) < 4.78 is 10.3. The maximum absolute atomic E-state index is 11.1. The first-order valence-electron chi connectivity index (χ1n) is 8.45. The van der Waals surface area contributed by atoms with Gasteiger partial charge in [-0.1, -0.05) is 19.8 Å². The Morgan fingerprint density at radius 3 is 2.76 bits per heavy atom. The van der Waals surface area contributed by atoms with Crippen LogP contribution in [0.3, 0.4) is 0 Å². The summed E-state index contributed by atoms with van der Waals surface area (Å²) in [6, 6.07) is 5.60. The van der Waals surface area contributed by atoms with Crippen molar-refractivity contribution in [3.63, 3.8) is 0 Å². The summed E-state index contributed by atoms with van der Waals surface area (Å²) in [5.74, 6) is 1.07. The van der Waals surface area contributed by atoms with E-state index in [0.29, 0.717) is 28.6 Å². The van der Waals surface area contributed by atoms with Gasteiger partial charge in [0.2, 0.25) is 0 Å². The van der Waals surface area contributed by atoms with Gasteiger partial charge in [-0.2, -0.15) is 5.10 Å². The molecule has 2 N–H and O–H groups in total. The van der Waals surface area contributed by atoms with Crippen LogP contribution in [0.1, 0.15) is 45.1 Å². The van der Waals surface area contributed by atoms with Crippen LogP contribution < -0.4 is 20.2 Å². The van der Waals surface area contributed by atoms with E-state index in [-0.39, 0.29) is 0 Å². The lowest BCUT2D eigenvalue weighted by Gasteiger charge is -2.30. The van der Waals surface area contributed by atoms with Crippen LogP contribution in [-0.2, 0) is 4.79 Å². The van der Waals surface area contributed by atoms with E-state index in [1.54, 1.807) is 24.4 Å². The van der Waals surface area contributed by atoms with Crippen molar-refractivity contribution in [1.29, 1.82) is 0 Å². The second-order valence-electron chi connectivity index (χ2n) is 6.22. The molecule has 0 spiro atoms. The highest BCUT2D eigenvalue weighted by molar-refractivity contribution is 7.80. The lowest BCUT2D eigenvalue weighted by atomic mass is 9.86. The fraction of sp³-hybridized carbons (Fsp3) is 0.500. The monoisotopic (exact) mass is 363 g/mol. The quantitative estimate of drug-likeness (QED) is 0.275. The number of ether oxygens (including phenoxy) is 2. The van der Waals surface area contributed by atoms with Gasteiger partial charge in [-0.3, -0.25) is 10.2 Å². The summed E-state index contributed by atoms with van der Waals surface area (Å²) in [6.45, 7) is 3.60. The first-order chi connectivity index (χ1) is 12.0. The van der Waals surface area contributed by atoms with Crippen molar-refractivity contribution in [2.24, 2.45) is 11.0 Å². The van der Waals surface area contributed by atoms with Gasteiger partial charge in [0.15, 0.2) is 16.6 Å². The number of benzene rings is 1. The molecule has 1 aromatic carbocycles. The number of nitrogens with one attached hydrogen (secondary N) is 2. The fourth-order valence-corrected chi connectivity index (χ4v) is 3.10. The van der Waals surface area contributed by atoms with Crippen LogP contribution >= 0.6 is 12.2 Å². The lowest BCUT2D eigenvalue weighted by Crippen LogP contribution is -2.44. The highest BCUT2D eigenvalue weighted by atomic mass is 32.1. The predicted octanol–water partition coefficient (Wildman–Crippen LogP) is 3.00. The average molecular weight is 363 g/mol. The fourth-order valence-electron chi connectivity index (χ4n) is 2.90. The zero-order valence-corrected chi connectivity index (χ0v) is 15.7. The Morgan fingerprint density at radius 2 is 2.08 bits per heavy atom. The largest absolute Gasteiger partial charge is 0.493 e. The number of rotatable bonds is 5. The summed E-state index contributed by atoms with van der Waals surface area (Å²) in [5, 5.41) is 8.02. The third-order valence-electron chi connectivity index (χ3n) is 4.25. The number of nitrogens with zero attached hydrogens (tertiary/aromatic N) is 1. The minimum absolute atomic E-state index is 0.378. The van der Waals surface area contributed by atoms with Crippen molar-refractivity contribution >= 4 is 29.5 Å². The molecule has 1 aliphatic rings. The zero-order valence-electron chi connectivity index (χ0n) is 14.9. The van der Waals surface area contributed by atoms with Crippen molar-refractivity contribution < 1.29 is 14.3 Å². The Kier molecular flexibility index (Phi) is 7.18. The molecule has 0 saturated heterocycles. The number of hydrogen-bond donors (Lipinski definition) is 2. The maximum Gasteiger partial charge on any atom is 0.308 e. The molecule has 1 aromatic rings. The Balaban J connectivity index is 1.90. The number of esters is 1. The molecule has 0 amide bonds. The van der Waals surface area contributed by atoms with Crippen molar-refractivity contribution in [3.8, 4) is 11.5 Å². The van der Waals surface area contributed by atoms with Crippen molar-refractivity contribution in [1.82, 2.24) is 10.7 Å². The van der Waals surface area contributed by atoms with Gasteiger partial charge in [-0.15, -0.1) is 0 Å². The second-order valence-corrected chi connectivity index (χ2v) is 6.62. The molecule has 6 nitrogen and oxygen atoms in total. The Hall–Kier alpha value is -2.15. The molecule has 25 heavy (non-hydrogen) atoms. The SMILES string of the molecule is COc1cc(/C=N\NC(=S)N[C@@H]2CCCC[C@H]2C)ccc1OC(C)=O. The number of hydrazone groups is 1. The molecule has 0 radical (unpaired) electrons. The summed E-state index contributed by atoms with van der Waals surface area (Å²) in [5.41, 5.74) is 3.65. The molecule has 136 valence electrons. The van der Waals surface area contributed by atoms with Crippen LogP contribution in [-0.4, -0.2) is 30.4 Å². The molecule has 1 aliphatic carbocycles. The third kappa shape index (κ3) is 6.01. The smallest absolute Gasteiger partial charge is 0.308 e. The van der Waals surface area contributed by atoms with Crippen molar-refractivity contribution in [3.05, 3.63) is 23.8 Å². The van der Waals surface area contributed by atoms with E-state index in [1.165, 1.54) is 33.3 Å². The summed E-state index contributed by atoms with van der Waals surface area (Å²) in [4.78, 5) is 11.1. The van der Waals surface area contributed by atoms with E-state index >= 15 is 0 Å². The highest BCUT2D eigenvalue weighted by Gasteiger charge is 2.21. The molecular formula is C18H25N3O3S. The summed E-state index contributed by atoms with van der Waals surface area (Å²) in [7, 11) is 1.52. The van der Waals surface area contributed by atoms with Gasteiger partial charge < -0.3 is 14.8 Å². The van der Waals surface area contributed by atoms with Crippen LogP contribution in [0.2, 0.25) is 0 Å². The van der Waals surface area contributed by atoms with Gasteiger partial charge in [-0.05, 0) is 54.7 Å². The average Bonchev–Trinajstić information content (AvgIpc) is 2.57. The molecule has 0 heterocycles. The van der Waals surface area contributed by atoms with E-state index in [9.17, 15) is 4.79 Å². The van der Waals surface area contributed by atoms with Crippen LogP contribution in [0.15, 0.2) is 23.3 Å². The summed E-state index contributed by atoms with van der Waals surface area (Å²) >= 11 is 5.30. The Bertz CT molecular complexity index is 648. The van der Waals surface area contributed by atoms with Crippen LogP contribution in [0.4, 0.5) is 0 Å². The number of methoxy groups -OCH3 is 1. The van der Waals surface area contributed by atoms with Gasteiger partial charge in [0.1, 0.15) is 0 Å². The van der Waals surface area contributed by atoms with Gasteiger partial charge >= 0.3 is 5.97 Å². The Labute approximate surface area is 154 Å². The van der Waals surface area contributed by atoms with E-state index in [1.807, 2.05) is 0 Å². The van der Waals surface area contributed by atoms with Gasteiger partial charge in [-0.25, -0.2) is 0 Å². The van der Waals surface area contributed by atoms with Crippen molar-refractivity contribution in [2.45, 2.75) is 45.6 Å². The lowest BCUT2D eigenvalue weighted by molar-refractivity contribution is -0.132. The second kappa shape index (κ2) is 9.36. The first kappa shape index (κ1) is 19.2. The zero-order chi connectivity index (χ0) is 18.2. The number of thiocarbonyl (C=S) groups is 1.